The Morgan fingerprint density at radius 2 is 1.63 bits per heavy atom. The van der Waals surface area contributed by atoms with E-state index in [1.807, 2.05) is 0 Å². The van der Waals surface area contributed by atoms with Gasteiger partial charge in [-0.3, -0.25) is 18.6 Å². The molecule has 41 heavy (non-hydrogen) atoms. The summed E-state index contributed by atoms with van der Waals surface area (Å²) in [7, 11) is -6.03. The lowest BCUT2D eigenvalue weighted by Gasteiger charge is -2.26. The van der Waals surface area contributed by atoms with Crippen molar-refractivity contribution in [2.24, 2.45) is 0 Å². The maximum absolute atomic E-state index is 14.9. The second kappa shape index (κ2) is 13.2. The molecule has 1 atom stereocenters. The first-order valence-electron chi connectivity index (χ1n) is 12.1. The second-order valence-electron chi connectivity index (χ2n) is 8.65. The number of hydrogen-bond acceptors (Lipinski definition) is 6. The summed E-state index contributed by atoms with van der Waals surface area (Å²) in [5, 5.41) is 11.5. The van der Waals surface area contributed by atoms with Crippen LogP contribution in [0.3, 0.4) is 0 Å². The number of sulfonamides is 1. The Bertz CT molecular complexity index is 1690. The first-order chi connectivity index (χ1) is 19.6. The van der Waals surface area contributed by atoms with Gasteiger partial charge in [0.1, 0.15) is 22.3 Å². The SMILES string of the molecule is O=[N+]([O-])c1ccccc1S(=O)CCCOc1ccccc1CN(c1cc(F)ccc1F)S(=O)(=O)c1ccc(Cl)cc1. The van der Waals surface area contributed by atoms with E-state index in [1.165, 1.54) is 42.5 Å². The molecule has 4 aromatic rings. The molecule has 4 aromatic carbocycles. The smallest absolute Gasteiger partial charge is 0.285 e. The fourth-order valence-electron chi connectivity index (χ4n) is 3.92. The predicted molar refractivity (Wildman–Crippen MR) is 152 cm³/mol. The highest BCUT2D eigenvalue weighted by molar-refractivity contribution is 7.92. The predicted octanol–water partition coefficient (Wildman–Crippen LogP) is 6.50. The van der Waals surface area contributed by atoms with Gasteiger partial charge in [0.05, 0.1) is 39.5 Å². The van der Waals surface area contributed by atoms with Gasteiger partial charge in [-0.25, -0.2) is 17.2 Å². The lowest BCUT2D eigenvalue weighted by atomic mass is 10.2. The zero-order valence-corrected chi connectivity index (χ0v) is 23.7. The number of nitrogens with zero attached hydrogens (tertiary/aromatic N) is 2. The molecule has 4 rings (SSSR count). The zero-order valence-electron chi connectivity index (χ0n) is 21.3. The van der Waals surface area contributed by atoms with Crippen LogP contribution in [-0.2, 0) is 27.4 Å². The van der Waals surface area contributed by atoms with Crippen LogP contribution in [0.25, 0.3) is 0 Å². The molecule has 0 N–H and O–H groups in total. The first-order valence-corrected chi connectivity index (χ1v) is 15.3. The van der Waals surface area contributed by atoms with Crippen molar-refractivity contribution in [2.45, 2.75) is 22.8 Å². The van der Waals surface area contributed by atoms with Gasteiger partial charge in [0.15, 0.2) is 0 Å². The number of nitro benzene ring substituents is 1. The van der Waals surface area contributed by atoms with Crippen molar-refractivity contribution in [3.05, 3.63) is 123 Å². The molecule has 0 amide bonds. The van der Waals surface area contributed by atoms with Gasteiger partial charge in [-0.15, -0.1) is 0 Å². The average molecular weight is 621 g/mol. The number of nitro groups is 1. The van der Waals surface area contributed by atoms with Gasteiger partial charge in [0, 0.05) is 28.5 Å². The summed E-state index contributed by atoms with van der Waals surface area (Å²) in [5.74, 6) is -1.41. The summed E-state index contributed by atoms with van der Waals surface area (Å²) in [6.45, 7) is -0.342. The number of halogens is 3. The van der Waals surface area contributed by atoms with Crippen molar-refractivity contribution >= 4 is 43.8 Å². The van der Waals surface area contributed by atoms with Gasteiger partial charge in [-0.05, 0) is 55.0 Å². The summed E-state index contributed by atoms with van der Waals surface area (Å²) < 4.78 is 75.6. The number of para-hydroxylation sites is 2. The van der Waals surface area contributed by atoms with E-state index in [0.717, 1.165) is 22.5 Å². The van der Waals surface area contributed by atoms with Crippen LogP contribution in [0, 0.1) is 21.7 Å². The van der Waals surface area contributed by atoms with Crippen LogP contribution >= 0.6 is 11.6 Å². The van der Waals surface area contributed by atoms with Gasteiger partial charge in [-0.2, -0.15) is 0 Å². The van der Waals surface area contributed by atoms with Crippen LogP contribution in [0.4, 0.5) is 20.2 Å². The van der Waals surface area contributed by atoms with E-state index in [-0.39, 0.29) is 40.0 Å². The minimum atomic E-state index is -4.39. The lowest BCUT2D eigenvalue weighted by Crippen LogP contribution is -2.31. The fraction of sp³-hybridized carbons (Fsp3) is 0.143. The molecular formula is C28H23ClF2N2O6S2. The molecule has 0 aliphatic carbocycles. The first kappa shape index (κ1) is 30.1. The van der Waals surface area contributed by atoms with E-state index in [9.17, 15) is 31.5 Å². The standard InChI is InChI=1S/C28H23ClF2N2O6S2/c29-21-10-13-23(14-11-21)41(37,38)32(26-18-22(30)12-15-24(26)31)19-20-6-1-3-8-27(20)39-16-5-17-40(36)28-9-4-2-7-25(28)33(34)35/h1-4,6-15,18H,5,16-17,19H2. The summed E-state index contributed by atoms with van der Waals surface area (Å²) >= 11 is 5.91. The second-order valence-corrected chi connectivity index (χ2v) is 12.5. The Morgan fingerprint density at radius 3 is 2.37 bits per heavy atom. The molecule has 0 aliphatic heterocycles. The van der Waals surface area contributed by atoms with Crippen molar-refractivity contribution in [1.82, 2.24) is 0 Å². The van der Waals surface area contributed by atoms with Gasteiger partial charge in [-0.1, -0.05) is 41.9 Å². The van der Waals surface area contributed by atoms with E-state index < -0.39 is 49.6 Å². The summed E-state index contributed by atoms with van der Waals surface area (Å²) in [6, 6.07) is 20.1. The summed E-state index contributed by atoms with van der Waals surface area (Å²) in [5.41, 5.74) is -0.369. The molecule has 0 aromatic heterocycles. The third kappa shape index (κ3) is 7.26. The lowest BCUT2D eigenvalue weighted by molar-refractivity contribution is -0.387. The Morgan fingerprint density at radius 1 is 0.951 bits per heavy atom. The molecule has 0 bridgehead atoms. The van der Waals surface area contributed by atoms with Crippen molar-refractivity contribution in [3.63, 3.8) is 0 Å². The molecule has 0 spiro atoms. The third-order valence-electron chi connectivity index (χ3n) is 5.90. The minimum Gasteiger partial charge on any atom is -0.493 e. The number of benzene rings is 4. The highest BCUT2D eigenvalue weighted by atomic mass is 35.5. The molecule has 0 fully saturated rings. The third-order valence-corrected chi connectivity index (χ3v) is 9.43. The molecule has 13 heteroatoms. The number of hydrogen-bond donors (Lipinski definition) is 0. The number of ether oxygens (including phenoxy) is 1. The topological polar surface area (TPSA) is 107 Å². The Hall–Kier alpha value is -3.87. The number of rotatable bonds is 12. The Balaban J connectivity index is 1.55. The van der Waals surface area contributed by atoms with Gasteiger partial charge in [0.2, 0.25) is 0 Å². The molecule has 0 heterocycles. The molecule has 0 saturated heterocycles. The van der Waals surface area contributed by atoms with Crippen molar-refractivity contribution in [1.29, 1.82) is 0 Å². The monoisotopic (exact) mass is 620 g/mol. The van der Waals surface area contributed by atoms with Crippen LogP contribution in [0.5, 0.6) is 5.75 Å². The molecule has 1 unspecified atom stereocenters. The highest BCUT2D eigenvalue weighted by Gasteiger charge is 2.29. The summed E-state index contributed by atoms with van der Waals surface area (Å²) in [6.07, 6.45) is 0.262. The Labute approximate surface area is 242 Å². The highest BCUT2D eigenvalue weighted by Crippen LogP contribution is 2.32. The molecule has 0 radical (unpaired) electrons. The van der Waals surface area contributed by atoms with Gasteiger partial charge < -0.3 is 4.74 Å². The Kier molecular flexibility index (Phi) is 9.69. The van der Waals surface area contributed by atoms with E-state index >= 15 is 0 Å². The van der Waals surface area contributed by atoms with Crippen LogP contribution in [0.2, 0.25) is 5.02 Å². The van der Waals surface area contributed by atoms with Crippen LogP contribution in [-0.4, -0.2) is 29.9 Å². The molecular weight excluding hydrogens is 598 g/mol. The number of anilines is 1. The van der Waals surface area contributed by atoms with Crippen LogP contribution < -0.4 is 9.04 Å². The average Bonchev–Trinajstić information content (AvgIpc) is 2.96. The van der Waals surface area contributed by atoms with Crippen molar-refractivity contribution < 1.29 is 31.1 Å². The van der Waals surface area contributed by atoms with Crippen LogP contribution in [0.1, 0.15) is 12.0 Å². The van der Waals surface area contributed by atoms with Crippen molar-refractivity contribution in [3.8, 4) is 5.75 Å². The molecule has 8 nitrogen and oxygen atoms in total. The summed E-state index contributed by atoms with van der Waals surface area (Å²) in [4.78, 5) is 10.6. The van der Waals surface area contributed by atoms with E-state index in [0.29, 0.717) is 10.6 Å². The minimum absolute atomic E-state index is 0.0572. The van der Waals surface area contributed by atoms with Gasteiger partial charge in [0.25, 0.3) is 15.7 Å². The van der Waals surface area contributed by atoms with E-state index in [2.05, 4.69) is 0 Å². The maximum atomic E-state index is 14.9. The molecule has 214 valence electrons. The zero-order chi connectivity index (χ0) is 29.6. The normalized spacial score (nSPS) is 12.1. The van der Waals surface area contributed by atoms with Crippen LogP contribution in [0.15, 0.2) is 101 Å². The molecule has 0 aliphatic rings. The van der Waals surface area contributed by atoms with Crippen molar-refractivity contribution in [2.75, 3.05) is 16.7 Å². The van der Waals surface area contributed by atoms with Gasteiger partial charge >= 0.3 is 0 Å². The van der Waals surface area contributed by atoms with E-state index in [1.54, 1.807) is 30.3 Å². The maximum Gasteiger partial charge on any atom is 0.285 e. The molecule has 0 saturated carbocycles. The largest absolute Gasteiger partial charge is 0.493 e. The quantitative estimate of drug-likeness (QED) is 0.102. The van der Waals surface area contributed by atoms with E-state index in [4.69, 9.17) is 16.3 Å². The fourth-order valence-corrected chi connectivity index (χ4v) is 6.70.